The lowest BCUT2D eigenvalue weighted by Crippen LogP contribution is -2.73. The minimum Gasteiger partial charge on any atom is -0.458 e. The number of carbonyl (C=O) groups excluding carboxylic acids is 1. The van der Waals surface area contributed by atoms with Crippen molar-refractivity contribution in [3.05, 3.63) is 11.6 Å². The molecule has 18 nitrogen and oxygen atoms in total. The molecule has 0 unspecified atom stereocenters. The number of hydrogen-bond donors (Lipinski definition) is 9. The number of hydrogen-bond acceptors (Lipinski definition) is 18. The number of methoxy groups -OCH3 is 1. The lowest BCUT2D eigenvalue weighted by Gasteiger charge is -2.67. The molecule has 22 atom stereocenters. The molecule has 9 N–H and O–H groups in total. The van der Waals surface area contributed by atoms with Crippen LogP contribution in [0.5, 0.6) is 0 Å². The largest absolute Gasteiger partial charge is 0.458 e. The van der Waals surface area contributed by atoms with Gasteiger partial charge in [0.05, 0.1) is 42.7 Å². The van der Waals surface area contributed by atoms with Gasteiger partial charge in [0.2, 0.25) is 0 Å². The topological polar surface area (TPSA) is 273 Å². The summed E-state index contributed by atoms with van der Waals surface area (Å²) in [6.07, 6.45) is -10.1. The van der Waals surface area contributed by atoms with Crippen LogP contribution < -0.4 is 0 Å². The molecule has 4 aliphatic heterocycles. The Morgan fingerprint density at radius 3 is 2.17 bits per heavy atom. The van der Waals surface area contributed by atoms with Crippen LogP contribution in [0.15, 0.2) is 11.6 Å². The maximum Gasteiger partial charge on any atom is 0.331 e. The zero-order valence-corrected chi connectivity index (χ0v) is 34.9. The highest BCUT2D eigenvalue weighted by Gasteiger charge is 2.74. The van der Waals surface area contributed by atoms with E-state index in [1.54, 1.807) is 13.0 Å². The first-order valence-electron chi connectivity index (χ1n) is 21.8. The van der Waals surface area contributed by atoms with Crippen LogP contribution in [0.2, 0.25) is 0 Å². The molecule has 0 aromatic carbocycles. The Hall–Kier alpha value is -1.43. The fourth-order valence-electron chi connectivity index (χ4n) is 13.0. The predicted octanol–water partition coefficient (Wildman–Crippen LogP) is -1.10. The summed E-state index contributed by atoms with van der Waals surface area (Å²) in [5.41, 5.74) is -2.37. The van der Waals surface area contributed by atoms with E-state index >= 15 is 0 Å². The number of aliphatic hydroxyl groups excluding tert-OH is 7. The molecule has 0 bridgehead atoms. The van der Waals surface area contributed by atoms with Crippen LogP contribution in [0.1, 0.15) is 85.0 Å². The summed E-state index contributed by atoms with van der Waals surface area (Å²) in [5, 5.41) is 97.7. The van der Waals surface area contributed by atoms with Crippen molar-refractivity contribution in [2.45, 2.75) is 188 Å². The van der Waals surface area contributed by atoms with E-state index in [0.717, 1.165) is 44.1 Å². The van der Waals surface area contributed by atoms with Gasteiger partial charge in [0.25, 0.3) is 0 Å². The third-order valence-corrected chi connectivity index (χ3v) is 16.5. The monoisotopic (exact) mass is 858 g/mol. The normalized spacial score (nSPS) is 54.4. The summed E-state index contributed by atoms with van der Waals surface area (Å²) >= 11 is 0. The fraction of sp³-hybridized carbons (Fsp3) is 0.929. The molecule has 342 valence electrons. The van der Waals surface area contributed by atoms with E-state index in [2.05, 4.69) is 13.8 Å². The first-order valence-corrected chi connectivity index (χ1v) is 21.8. The SMILES string of the molecule is CO[C@@H]1C[C@H](O[C@H]2CC[C@@]3(C)[C@H](CC[C@]4(O)[C@@H]3CC[C@]3(C)[C@@H](C5=CC(=O)OC5)CC[C@@]34O)C2)O[C@H](C)[C@@H]1O[C@@H]1O[C@H](CO[C@@H]2O[C@H](CO)[C@@H](O)[C@H](O)[C@H]2O)[C@@H](O)[C@H](O)[C@H]1O. The molecule has 8 aliphatic rings. The molecule has 0 radical (unpaired) electrons. The number of fused-ring (bicyclic) bond motifs is 5. The van der Waals surface area contributed by atoms with Gasteiger partial charge in [0, 0.05) is 25.0 Å². The van der Waals surface area contributed by atoms with E-state index in [4.69, 9.17) is 37.9 Å². The van der Waals surface area contributed by atoms with Crippen molar-refractivity contribution in [1.29, 1.82) is 0 Å². The van der Waals surface area contributed by atoms with Crippen LogP contribution >= 0.6 is 0 Å². The lowest BCUT2D eigenvalue weighted by molar-refractivity contribution is -0.355. The van der Waals surface area contributed by atoms with Crippen LogP contribution in [-0.4, -0.2) is 182 Å². The van der Waals surface area contributed by atoms with Crippen LogP contribution in [-0.2, 0) is 42.7 Å². The summed E-state index contributed by atoms with van der Waals surface area (Å²) in [6.45, 7) is 5.24. The molecular formula is C42H66O18. The Kier molecular flexibility index (Phi) is 12.7. The molecule has 7 fully saturated rings. The van der Waals surface area contributed by atoms with Crippen molar-refractivity contribution in [2.75, 3.05) is 26.9 Å². The Morgan fingerprint density at radius 1 is 0.783 bits per heavy atom. The smallest absolute Gasteiger partial charge is 0.331 e. The van der Waals surface area contributed by atoms with Crippen LogP contribution in [0.3, 0.4) is 0 Å². The number of aliphatic hydroxyl groups is 9. The van der Waals surface area contributed by atoms with Gasteiger partial charge in [-0.05, 0) is 93.5 Å². The maximum absolute atomic E-state index is 12.7. The molecule has 4 heterocycles. The molecule has 0 aromatic heterocycles. The van der Waals surface area contributed by atoms with Gasteiger partial charge in [0.1, 0.15) is 61.5 Å². The van der Waals surface area contributed by atoms with E-state index in [1.807, 2.05) is 0 Å². The zero-order chi connectivity index (χ0) is 43.1. The van der Waals surface area contributed by atoms with Crippen molar-refractivity contribution in [2.24, 2.45) is 28.6 Å². The second kappa shape index (κ2) is 16.8. The van der Waals surface area contributed by atoms with Gasteiger partial charge in [-0.1, -0.05) is 13.8 Å². The first kappa shape index (κ1) is 45.1. The van der Waals surface area contributed by atoms with Crippen molar-refractivity contribution in [1.82, 2.24) is 0 Å². The Morgan fingerprint density at radius 2 is 1.48 bits per heavy atom. The van der Waals surface area contributed by atoms with Gasteiger partial charge in [-0.2, -0.15) is 0 Å². The molecule has 0 aromatic rings. The second-order valence-corrected chi connectivity index (χ2v) is 19.4. The molecular weight excluding hydrogens is 792 g/mol. The summed E-state index contributed by atoms with van der Waals surface area (Å²) < 4.78 is 47.1. The molecule has 18 heteroatoms. The summed E-state index contributed by atoms with van der Waals surface area (Å²) in [6, 6.07) is 0. The van der Waals surface area contributed by atoms with Crippen LogP contribution in [0.4, 0.5) is 0 Å². The van der Waals surface area contributed by atoms with Gasteiger partial charge in [-0.25, -0.2) is 4.79 Å². The predicted molar refractivity (Wildman–Crippen MR) is 203 cm³/mol. The third-order valence-electron chi connectivity index (χ3n) is 16.5. The number of rotatable bonds is 10. The number of cyclic esters (lactones) is 1. The minimum absolute atomic E-state index is 0.0168. The van der Waals surface area contributed by atoms with Crippen LogP contribution in [0, 0.1) is 28.6 Å². The van der Waals surface area contributed by atoms with Crippen molar-refractivity contribution in [3.63, 3.8) is 0 Å². The maximum atomic E-state index is 12.7. The van der Waals surface area contributed by atoms with Gasteiger partial charge in [0.15, 0.2) is 18.9 Å². The third kappa shape index (κ3) is 7.31. The second-order valence-electron chi connectivity index (χ2n) is 19.4. The summed E-state index contributed by atoms with van der Waals surface area (Å²) in [4.78, 5) is 12.0. The molecule has 4 saturated carbocycles. The number of carbonyl (C=O) groups is 1. The molecule has 8 rings (SSSR count). The summed E-state index contributed by atoms with van der Waals surface area (Å²) in [7, 11) is 1.52. The van der Waals surface area contributed by atoms with E-state index in [9.17, 15) is 50.8 Å². The number of esters is 1. The van der Waals surface area contributed by atoms with Crippen molar-refractivity contribution in [3.8, 4) is 0 Å². The quantitative estimate of drug-likeness (QED) is 0.0932. The fourth-order valence-corrected chi connectivity index (χ4v) is 13.0. The molecule has 4 aliphatic carbocycles. The molecule has 3 saturated heterocycles. The highest BCUT2D eigenvalue weighted by atomic mass is 16.8. The Bertz CT molecular complexity index is 1580. The Balaban J connectivity index is 0.869. The van der Waals surface area contributed by atoms with Gasteiger partial charge >= 0.3 is 5.97 Å². The van der Waals surface area contributed by atoms with Crippen LogP contribution in [0.25, 0.3) is 0 Å². The molecule has 60 heavy (non-hydrogen) atoms. The van der Waals surface area contributed by atoms with E-state index < -0.39 is 116 Å². The molecule has 0 amide bonds. The van der Waals surface area contributed by atoms with Gasteiger partial charge in [-0.3, -0.25) is 0 Å². The minimum atomic E-state index is -1.72. The van der Waals surface area contributed by atoms with E-state index in [1.165, 1.54) is 7.11 Å². The van der Waals surface area contributed by atoms with E-state index in [0.29, 0.717) is 19.3 Å². The zero-order valence-electron chi connectivity index (χ0n) is 34.9. The standard InChI is InChI=1S/C42H66O18/c1-19-36(60-38-35(50)33(48)31(46)26(59-38)18-55-37-34(49)32(47)30(45)25(16-43)58-37)24(53-4)15-29(56-19)57-22-6-9-39(2)21(14-22)5-11-41(51)27(39)8-10-40(3)23(7-12-42(40,41)52)20-13-28(44)54-17-20/h13,19,21-27,29-38,43,45-52H,5-12,14-18H2,1-4H3/t19-,21-,22+,23-,24-,25-,26-,27-,29+,30-,31-,32+,33+,34-,35-,36+,37-,38+,39+,40-,41+,42-/m1/s1. The van der Waals surface area contributed by atoms with Crippen molar-refractivity contribution < 1.29 is 88.6 Å². The Labute approximate surface area is 349 Å². The van der Waals surface area contributed by atoms with Gasteiger partial charge < -0.3 is 83.9 Å². The average molecular weight is 859 g/mol. The lowest BCUT2D eigenvalue weighted by atomic mass is 9.41. The highest BCUT2D eigenvalue weighted by molar-refractivity contribution is 5.85. The summed E-state index contributed by atoms with van der Waals surface area (Å²) in [5.74, 6) is -0.184. The van der Waals surface area contributed by atoms with Crippen molar-refractivity contribution >= 4 is 5.97 Å². The highest BCUT2D eigenvalue weighted by Crippen LogP contribution is 2.71. The van der Waals surface area contributed by atoms with E-state index in [-0.39, 0.29) is 48.3 Å². The first-order chi connectivity index (χ1) is 28.4. The number of ether oxygens (including phenoxy) is 8. The molecule has 0 spiro atoms. The average Bonchev–Trinajstić information content (AvgIpc) is 3.77. The van der Waals surface area contributed by atoms with Gasteiger partial charge in [-0.15, -0.1) is 0 Å².